The minimum absolute atomic E-state index is 0.100. The first-order chi connectivity index (χ1) is 12.3. The number of rotatable bonds is 11. The van der Waals surface area contributed by atoms with Crippen LogP contribution in [0.2, 0.25) is 0 Å². The topological polar surface area (TPSA) is 38.3 Å². The normalized spacial score (nSPS) is 11.4. The number of methoxy groups -OCH3 is 1. The Balaban J connectivity index is 2.40. The highest BCUT2D eigenvalue weighted by molar-refractivity contribution is 5.68. The molecular formula is C22H33NO2. The van der Waals surface area contributed by atoms with E-state index in [0.29, 0.717) is 12.3 Å². The van der Waals surface area contributed by atoms with Crippen molar-refractivity contribution in [3.05, 3.63) is 60.2 Å². The van der Waals surface area contributed by atoms with Gasteiger partial charge in [-0.15, -0.1) is 0 Å². The standard InChI is InChI=1S/C22H33NO2/c1-3-13-20(16-11-12-17-22(24)25-2)18-23-19-21-14-9-7-5-4-6-8-10-15-21/h4-10,14-15,20,23H,3,11-13,16-19H2,1-2H3. The largest absolute Gasteiger partial charge is 0.469 e. The molecule has 1 rings (SSSR count). The molecule has 0 saturated carbocycles. The van der Waals surface area contributed by atoms with Crippen molar-refractivity contribution in [3.63, 3.8) is 0 Å². The van der Waals surface area contributed by atoms with Gasteiger partial charge in [0.25, 0.3) is 0 Å². The SMILES string of the molecule is CCCC(CCCCC(=O)OC)CNCc1ccccccccc1. The van der Waals surface area contributed by atoms with Crippen molar-refractivity contribution in [2.24, 2.45) is 5.92 Å². The third-order valence-corrected chi connectivity index (χ3v) is 4.22. The number of esters is 1. The van der Waals surface area contributed by atoms with Gasteiger partial charge in [-0.3, -0.25) is 4.79 Å². The second-order valence-corrected chi connectivity index (χ2v) is 6.36. The zero-order chi connectivity index (χ0) is 18.2. The molecule has 0 saturated heterocycles. The number of nitrogens with one attached hydrogen (secondary N) is 1. The number of hydrogen-bond donors (Lipinski definition) is 1. The van der Waals surface area contributed by atoms with Gasteiger partial charge in [0, 0.05) is 13.0 Å². The highest BCUT2D eigenvalue weighted by Crippen LogP contribution is 2.15. The first-order valence-corrected chi connectivity index (χ1v) is 9.41. The Bertz CT molecular complexity index is 504. The summed E-state index contributed by atoms with van der Waals surface area (Å²) in [5, 5.41) is 3.60. The summed E-state index contributed by atoms with van der Waals surface area (Å²) in [7, 11) is 1.45. The molecule has 0 radical (unpaired) electrons. The monoisotopic (exact) mass is 343 g/mol. The summed E-state index contributed by atoms with van der Waals surface area (Å²) in [6.07, 6.45) is 6.14. The molecule has 0 aliphatic heterocycles. The molecule has 25 heavy (non-hydrogen) atoms. The number of hydrogen-bond acceptors (Lipinski definition) is 3. The van der Waals surface area contributed by atoms with E-state index in [1.807, 2.05) is 30.3 Å². The van der Waals surface area contributed by atoms with Gasteiger partial charge in [0.1, 0.15) is 0 Å². The van der Waals surface area contributed by atoms with E-state index in [0.717, 1.165) is 25.9 Å². The smallest absolute Gasteiger partial charge is 0.305 e. The first-order valence-electron chi connectivity index (χ1n) is 9.41. The summed E-state index contributed by atoms with van der Waals surface area (Å²) in [5.74, 6) is 0.571. The molecule has 0 spiro atoms. The van der Waals surface area contributed by atoms with E-state index in [9.17, 15) is 4.79 Å². The molecule has 0 heterocycles. The average molecular weight is 344 g/mol. The van der Waals surface area contributed by atoms with Crippen LogP contribution in [0.3, 0.4) is 0 Å². The molecule has 0 amide bonds. The number of carbonyl (C=O) groups excluding carboxylic acids is 1. The Morgan fingerprint density at radius 3 is 2.24 bits per heavy atom. The highest BCUT2D eigenvalue weighted by atomic mass is 16.5. The molecule has 1 unspecified atom stereocenters. The van der Waals surface area contributed by atoms with Crippen molar-refractivity contribution in [2.45, 2.75) is 52.0 Å². The maximum Gasteiger partial charge on any atom is 0.305 e. The fourth-order valence-corrected chi connectivity index (χ4v) is 2.83. The summed E-state index contributed by atoms with van der Waals surface area (Å²) >= 11 is 0. The van der Waals surface area contributed by atoms with Crippen LogP contribution in [-0.2, 0) is 16.1 Å². The molecule has 1 N–H and O–H groups in total. The lowest BCUT2D eigenvalue weighted by atomic mass is 9.96. The third-order valence-electron chi connectivity index (χ3n) is 4.22. The molecule has 1 atom stereocenters. The summed E-state index contributed by atoms with van der Waals surface area (Å²) in [5.41, 5.74) is 1.28. The highest BCUT2D eigenvalue weighted by Gasteiger charge is 2.08. The Labute approximate surface area is 153 Å². The van der Waals surface area contributed by atoms with Crippen LogP contribution in [0.5, 0.6) is 0 Å². The fraction of sp³-hybridized carbons (Fsp3) is 0.500. The van der Waals surface area contributed by atoms with E-state index in [1.165, 1.54) is 31.9 Å². The summed E-state index contributed by atoms with van der Waals surface area (Å²) in [6, 6.07) is 18.6. The van der Waals surface area contributed by atoms with Gasteiger partial charge < -0.3 is 10.1 Å². The van der Waals surface area contributed by atoms with Gasteiger partial charge >= 0.3 is 5.97 Å². The molecule has 138 valence electrons. The number of ether oxygens (including phenoxy) is 1. The van der Waals surface area contributed by atoms with Crippen LogP contribution in [0.4, 0.5) is 0 Å². The molecule has 3 heteroatoms. The molecule has 1 aromatic rings. The molecule has 0 bridgehead atoms. The van der Waals surface area contributed by atoms with Gasteiger partial charge in [-0.2, -0.15) is 0 Å². The average Bonchev–Trinajstić information content (AvgIpc) is 2.63. The van der Waals surface area contributed by atoms with E-state index >= 15 is 0 Å². The second-order valence-electron chi connectivity index (χ2n) is 6.36. The Morgan fingerprint density at radius 1 is 1.00 bits per heavy atom. The van der Waals surface area contributed by atoms with Crippen LogP contribution in [0.25, 0.3) is 0 Å². The predicted octanol–water partition coefficient (Wildman–Crippen LogP) is 5.05. The molecule has 0 aliphatic rings. The number of unbranched alkanes of at least 4 members (excludes halogenated alkanes) is 1. The number of carbonyl (C=O) groups is 1. The van der Waals surface area contributed by atoms with Crippen LogP contribution in [-0.4, -0.2) is 19.6 Å². The lowest BCUT2D eigenvalue weighted by molar-refractivity contribution is -0.140. The van der Waals surface area contributed by atoms with Crippen molar-refractivity contribution in [2.75, 3.05) is 13.7 Å². The third kappa shape index (κ3) is 11.3. The molecule has 1 aromatic carbocycles. The summed E-state index contributed by atoms with van der Waals surface area (Å²) in [4.78, 5) is 11.2. The second kappa shape index (κ2) is 14.5. The Kier molecular flexibility index (Phi) is 12.3. The van der Waals surface area contributed by atoms with E-state index in [-0.39, 0.29) is 5.97 Å². The van der Waals surface area contributed by atoms with E-state index in [1.54, 1.807) is 0 Å². The zero-order valence-electron chi connectivity index (χ0n) is 15.7. The van der Waals surface area contributed by atoms with Gasteiger partial charge in [0.05, 0.1) is 7.11 Å². The maximum absolute atomic E-state index is 11.2. The lowest BCUT2D eigenvalue weighted by Gasteiger charge is -2.16. The zero-order valence-corrected chi connectivity index (χ0v) is 15.7. The van der Waals surface area contributed by atoms with Crippen molar-refractivity contribution >= 4 is 5.97 Å². The maximum atomic E-state index is 11.2. The molecule has 3 nitrogen and oxygen atoms in total. The van der Waals surface area contributed by atoms with Gasteiger partial charge in [0.15, 0.2) is 0 Å². The molecular weight excluding hydrogens is 310 g/mol. The fourth-order valence-electron chi connectivity index (χ4n) is 2.83. The summed E-state index contributed by atoms with van der Waals surface area (Å²) < 4.78 is 4.69. The van der Waals surface area contributed by atoms with Crippen LogP contribution in [0.15, 0.2) is 54.6 Å². The van der Waals surface area contributed by atoms with E-state index in [2.05, 4.69) is 36.5 Å². The van der Waals surface area contributed by atoms with Crippen molar-refractivity contribution in [1.29, 1.82) is 0 Å². The minimum atomic E-state index is -0.100. The first kappa shape index (κ1) is 21.2. The van der Waals surface area contributed by atoms with Crippen molar-refractivity contribution in [1.82, 2.24) is 5.32 Å². The van der Waals surface area contributed by atoms with Crippen molar-refractivity contribution in [3.8, 4) is 0 Å². The quantitative estimate of drug-likeness (QED) is 0.451. The Morgan fingerprint density at radius 2 is 1.64 bits per heavy atom. The van der Waals surface area contributed by atoms with Crippen LogP contribution in [0.1, 0.15) is 51.0 Å². The van der Waals surface area contributed by atoms with E-state index in [4.69, 9.17) is 4.74 Å². The van der Waals surface area contributed by atoms with Gasteiger partial charge in [0.2, 0.25) is 0 Å². The van der Waals surface area contributed by atoms with Gasteiger partial charge in [-0.1, -0.05) is 74.4 Å². The van der Waals surface area contributed by atoms with Crippen LogP contribution in [0, 0.1) is 5.92 Å². The molecule has 0 fully saturated rings. The summed E-state index contributed by atoms with van der Waals surface area (Å²) in [6.45, 7) is 4.14. The van der Waals surface area contributed by atoms with Crippen molar-refractivity contribution < 1.29 is 9.53 Å². The van der Waals surface area contributed by atoms with Crippen LogP contribution < -0.4 is 5.32 Å². The Hall–Kier alpha value is -1.87. The van der Waals surface area contributed by atoms with Gasteiger partial charge in [-0.05, 0) is 37.3 Å². The molecule has 0 aliphatic carbocycles. The lowest BCUT2D eigenvalue weighted by Crippen LogP contribution is -2.22. The van der Waals surface area contributed by atoms with Gasteiger partial charge in [-0.25, -0.2) is 0 Å². The van der Waals surface area contributed by atoms with Crippen LogP contribution >= 0.6 is 0 Å². The molecule has 0 aromatic heterocycles. The predicted molar refractivity (Wildman–Crippen MR) is 105 cm³/mol. The minimum Gasteiger partial charge on any atom is -0.469 e. The van der Waals surface area contributed by atoms with E-state index < -0.39 is 0 Å².